The van der Waals surface area contributed by atoms with E-state index < -0.39 is 36.8 Å². The van der Waals surface area contributed by atoms with Crippen LogP contribution in [0, 0.1) is 33.6 Å². The molecule has 13 rings (SSSR count). The highest BCUT2D eigenvalue weighted by Crippen LogP contribution is 2.39. The molecule has 0 bridgehead atoms. The van der Waals surface area contributed by atoms with Gasteiger partial charge in [0.15, 0.2) is 18.9 Å². The van der Waals surface area contributed by atoms with Crippen LogP contribution >= 0.6 is 112 Å². The molecule has 2 fully saturated rings. The van der Waals surface area contributed by atoms with Crippen LogP contribution in [0.25, 0.3) is 54.8 Å². The Morgan fingerprint density at radius 1 is 0.651 bits per heavy atom. The lowest BCUT2D eigenvalue weighted by Crippen LogP contribution is -2.34. The Balaban J connectivity index is 0.000000298. The van der Waals surface area contributed by atoms with Crippen molar-refractivity contribution in [1.29, 1.82) is 0 Å². The fourth-order valence-electron chi connectivity index (χ4n) is 10.7. The molecule has 1 aliphatic carbocycles. The van der Waals surface area contributed by atoms with Crippen molar-refractivity contribution in [3.05, 3.63) is 197 Å². The predicted octanol–water partition coefficient (Wildman–Crippen LogP) is 19.3. The van der Waals surface area contributed by atoms with Crippen molar-refractivity contribution in [2.75, 3.05) is 25.1 Å². The van der Waals surface area contributed by atoms with Gasteiger partial charge < -0.3 is 43.9 Å². The third-order valence-electron chi connectivity index (χ3n) is 15.5. The molecule has 33 heteroatoms. The summed E-state index contributed by atoms with van der Waals surface area (Å²) in [6.07, 6.45) is 9.80. The van der Waals surface area contributed by atoms with Crippen molar-refractivity contribution in [3.63, 3.8) is 0 Å². The summed E-state index contributed by atoms with van der Waals surface area (Å²) in [5.41, 5.74) is 4.16. The highest BCUT2D eigenvalue weighted by atomic mass is 79.9. The average Bonchev–Trinajstić information content (AvgIpc) is 1.72. The van der Waals surface area contributed by atoms with Crippen LogP contribution in [-0.4, -0.2) is 132 Å². The number of aliphatic hydroxyl groups excluding tert-OH is 1. The van der Waals surface area contributed by atoms with Crippen molar-refractivity contribution >= 4 is 199 Å². The van der Waals surface area contributed by atoms with Gasteiger partial charge in [-0.2, -0.15) is 8.42 Å². The second kappa shape index (κ2) is 45.1. The number of anilines is 1. The first-order valence-corrected chi connectivity index (χ1v) is 40.1. The van der Waals surface area contributed by atoms with Crippen LogP contribution < -0.4 is 15.9 Å². The number of halogens is 5. The van der Waals surface area contributed by atoms with Crippen LogP contribution in [-0.2, 0) is 37.9 Å². The van der Waals surface area contributed by atoms with Gasteiger partial charge in [-0.1, -0.05) is 82.7 Å². The number of pyridine rings is 3. The van der Waals surface area contributed by atoms with E-state index in [1.54, 1.807) is 36.9 Å². The molecule has 2 aliphatic rings. The van der Waals surface area contributed by atoms with Gasteiger partial charge >= 0.3 is 24.7 Å². The molecule has 586 valence electrons. The molecule has 21 nitrogen and oxygen atoms in total. The van der Waals surface area contributed by atoms with Crippen LogP contribution in [0.5, 0.6) is 0 Å². The van der Waals surface area contributed by atoms with Gasteiger partial charge in [0.25, 0.3) is 0 Å². The second-order valence-electron chi connectivity index (χ2n) is 24.5. The molecule has 1 saturated carbocycles. The fraction of sp³-hybridized carbons (Fsp3) is 0.342. The van der Waals surface area contributed by atoms with E-state index in [9.17, 15) is 27.9 Å². The molecule has 3 aromatic carbocycles. The maximum absolute atomic E-state index is 13.6. The Morgan fingerprint density at radius 2 is 1.14 bits per heavy atom. The number of nitrogens with zero attached hydrogens (tertiary/aromatic N) is 5. The number of nitrogens with two attached hydrogens (primary N) is 1. The summed E-state index contributed by atoms with van der Waals surface area (Å²) in [6.45, 7) is 20.7. The number of carbonyl (C=O) groups excluding carboxylic acids is 3. The summed E-state index contributed by atoms with van der Waals surface area (Å²) in [7, 11) is -6.12. The number of nitrogens with one attached hydrogen (secondary N) is 1. The van der Waals surface area contributed by atoms with Gasteiger partial charge in [-0.25, -0.2) is 20.1 Å². The first kappa shape index (κ1) is 95.5. The number of carbonyl (C=O) groups is 3. The zero-order chi connectivity index (χ0) is 76.4. The number of hydrogen-bond acceptors (Lipinski definition) is 24. The number of aryl methyl sites for hydroxylation is 4. The Labute approximate surface area is 687 Å². The zero-order valence-corrected chi connectivity index (χ0v) is 68.1. The van der Waals surface area contributed by atoms with E-state index in [1.807, 2.05) is 140 Å². The molecule has 0 spiro atoms. The Kier molecular flexibility index (Phi) is 39.5. The number of thiophene rings is 4. The number of aromatic nitrogens is 5. The maximum Gasteiger partial charge on any atom is 0.639 e. The summed E-state index contributed by atoms with van der Waals surface area (Å²) < 4.78 is 55.9. The summed E-state index contributed by atoms with van der Waals surface area (Å²) in [5, 5.41) is 44.2. The van der Waals surface area contributed by atoms with E-state index in [0.717, 1.165) is 94.7 Å². The molecule has 0 radical (unpaired) electrons. The number of hydrogen-bond donors (Lipinski definition) is 5. The van der Waals surface area contributed by atoms with Crippen LogP contribution in [0.4, 0.5) is 5.82 Å². The number of aliphatic hydroxyl groups is 1. The number of ether oxygens (including phenoxy) is 2. The Hall–Kier alpha value is -5.91. The van der Waals surface area contributed by atoms with Gasteiger partial charge in [-0.3, -0.25) is 28.5 Å². The Bertz CT molecular complexity index is 4850. The quantitative estimate of drug-likeness (QED) is 0.0217. The lowest BCUT2D eigenvalue weighted by molar-refractivity contribution is -0.0413. The molecule has 0 amide bonds. The molecule has 1 saturated heterocycles. The maximum atomic E-state index is 13.6. The molecule has 9 heterocycles. The van der Waals surface area contributed by atoms with E-state index in [2.05, 4.69) is 79.3 Å². The molecular weight excluding hydrogens is 1680 g/mol. The number of ketones is 1. The monoisotopic (exact) mass is 1770 g/mol. The standard InChI is InChI=1S/C25H24ClN5O5S2.C15H10ClNOS.C9H21BO3.C9H5BrClN.C8H9BrO2S.C6H7BO3S.4CH4/c1-13-18(23-19-7-16(26)3-2-14(19)4-5-29-23)9-22(37-13)24(33)20-10-28-12-30-25(20)31-17-6-15(21(32)8-17)11-36-38(27,34)35;1-9-13(7-12(8-18)19-9)15-14-6-11(16)3-2-10(14)4-5-17-15;1-7(2)11-10(12-8(3)4)13-9(5)6;10-9-8-5-7(11)2-1-6(8)3-4-12-9;1-5-6(9)4-7(12-5)8-10-2-3-11-8;1-4-6(7(9)10)2-5(3-8)11-4;;;;/h2-5,7,9-10,12,15,17,21,32H,6,8,11H2,1H3,(H2,27,34,35)(H,28,30,31);2-8H,1H3;7-9H,1-6H3;1-5H;4,8H,2-3H2,1H3;2-3,9-10H,1H3;4*1H4/t15-,17-,21+;;;;;;;;;/m1........./s1. The van der Waals surface area contributed by atoms with Crippen LogP contribution in [0.2, 0.25) is 15.1 Å². The molecule has 11 aromatic rings. The largest absolute Gasteiger partial charge is 0.639 e. The molecular formula is C76H92B2Br2Cl3N7O14S5. The highest BCUT2D eigenvalue weighted by Gasteiger charge is 2.35. The second-order valence-corrected chi connectivity index (χ2v) is 33.7. The van der Waals surface area contributed by atoms with Gasteiger partial charge in [0.1, 0.15) is 16.7 Å². The normalized spacial score (nSPS) is 14.3. The summed E-state index contributed by atoms with van der Waals surface area (Å²) >= 11 is 30.8. The molecule has 3 atom stereocenters. The van der Waals surface area contributed by atoms with Crippen molar-refractivity contribution < 1.29 is 65.6 Å². The minimum atomic E-state index is -4.10. The van der Waals surface area contributed by atoms with E-state index in [1.165, 1.54) is 57.5 Å². The van der Waals surface area contributed by atoms with Crippen molar-refractivity contribution in [3.8, 4) is 22.5 Å². The first-order valence-electron chi connectivity index (χ1n) is 32.7. The predicted molar refractivity (Wildman–Crippen MR) is 457 cm³/mol. The van der Waals surface area contributed by atoms with Crippen LogP contribution in [0.1, 0.15) is 149 Å². The van der Waals surface area contributed by atoms with Crippen LogP contribution in [0.3, 0.4) is 0 Å². The van der Waals surface area contributed by atoms with Crippen LogP contribution in [0.15, 0.2) is 137 Å². The summed E-state index contributed by atoms with van der Waals surface area (Å²) in [6, 6.07) is 29.9. The van der Waals surface area contributed by atoms with Gasteiger partial charge in [0.05, 0.1) is 62.4 Å². The topological polar surface area (TPSA) is 304 Å². The average molecular weight is 1780 g/mol. The van der Waals surface area contributed by atoms with Gasteiger partial charge in [-0.05, 0) is 214 Å². The van der Waals surface area contributed by atoms with Gasteiger partial charge in [0.2, 0.25) is 5.78 Å². The third-order valence-corrected chi connectivity index (χ3v) is 22.5. The zero-order valence-electron chi connectivity index (χ0n) is 58.6. The lowest BCUT2D eigenvalue weighted by atomic mass is 9.80. The minimum Gasteiger partial charge on any atom is -0.423 e. The summed E-state index contributed by atoms with van der Waals surface area (Å²) in [5.74, 6) is -0.354. The molecule has 6 N–H and O–H groups in total. The lowest BCUT2D eigenvalue weighted by Gasteiger charge is -2.20. The van der Waals surface area contributed by atoms with Crippen molar-refractivity contribution in [2.45, 2.75) is 149 Å². The van der Waals surface area contributed by atoms with Crippen molar-refractivity contribution in [1.82, 2.24) is 24.9 Å². The third kappa shape index (κ3) is 28.0. The smallest absolute Gasteiger partial charge is 0.423 e. The first-order chi connectivity index (χ1) is 49.9. The van der Waals surface area contributed by atoms with E-state index in [4.69, 9.17) is 73.4 Å². The molecule has 109 heavy (non-hydrogen) atoms. The Morgan fingerprint density at radius 3 is 1.61 bits per heavy atom. The number of fused-ring (bicyclic) bond motifs is 3. The number of rotatable bonds is 19. The fourth-order valence-corrected chi connectivity index (χ4v) is 16.3. The molecule has 8 aromatic heterocycles. The van der Waals surface area contributed by atoms with E-state index >= 15 is 0 Å². The van der Waals surface area contributed by atoms with Gasteiger partial charge in [0, 0.05) is 121 Å². The van der Waals surface area contributed by atoms with Gasteiger partial charge in [-0.15, -0.1) is 45.3 Å². The van der Waals surface area contributed by atoms with E-state index in [0.29, 0.717) is 68.3 Å². The van der Waals surface area contributed by atoms with E-state index in [-0.39, 0.29) is 78.3 Å². The number of aldehydes is 2. The molecule has 0 unspecified atom stereocenters. The molecule has 1 aliphatic heterocycles. The highest BCUT2D eigenvalue weighted by molar-refractivity contribution is 9.10. The number of benzene rings is 3. The minimum absolute atomic E-state index is 0. The van der Waals surface area contributed by atoms with Crippen molar-refractivity contribution in [2.24, 2.45) is 11.1 Å². The SMILES string of the molecule is C.C.C.C.CC(C)OB(OC(C)C)OC(C)C.Cc1sc(C(=O)c2cncnc2N[C@@H]2C[C@H](COS(N)(=O)=O)[C@@H](O)C2)cc1-c1nccc2ccc(Cl)cc12.Cc1sc(C2OCCO2)cc1Br.Cc1sc(C=O)cc1-c1nccc2ccc(Cl)cc12.Cc1sc(C=O)cc1B(O)O.Clc1ccc2ccnc(Br)c2c1. The summed E-state index contributed by atoms with van der Waals surface area (Å²) in [4.78, 5) is 63.1.